The van der Waals surface area contributed by atoms with Crippen molar-refractivity contribution in [2.24, 2.45) is 0 Å². The zero-order valence-corrected chi connectivity index (χ0v) is 15.1. The molecule has 1 aliphatic carbocycles. The van der Waals surface area contributed by atoms with Crippen molar-refractivity contribution >= 4 is 33.4 Å². The molecule has 0 bridgehead atoms. The van der Waals surface area contributed by atoms with E-state index in [0.717, 1.165) is 27.6 Å². The smallest absolute Gasteiger partial charge is 0.225 e. The van der Waals surface area contributed by atoms with Crippen LogP contribution >= 0.6 is 15.9 Å². The highest BCUT2D eigenvalue weighted by molar-refractivity contribution is 9.10. The quantitative estimate of drug-likeness (QED) is 0.700. The number of halogens is 1. The van der Waals surface area contributed by atoms with Gasteiger partial charge in [0, 0.05) is 28.0 Å². The molecule has 2 N–H and O–H groups in total. The maximum absolute atomic E-state index is 4.63. The Labute approximate surface area is 146 Å². The SMILES string of the molecule is Cc1cc(Nc2ccc(Br)cc2)nc(NC2CCCCCC2)n1. The second-order valence-corrected chi connectivity index (χ2v) is 7.10. The molecule has 23 heavy (non-hydrogen) atoms. The molecule has 1 heterocycles. The Morgan fingerprint density at radius 1 is 1.00 bits per heavy atom. The van der Waals surface area contributed by atoms with Crippen LogP contribution < -0.4 is 10.6 Å². The molecule has 5 heteroatoms. The summed E-state index contributed by atoms with van der Waals surface area (Å²) in [5.74, 6) is 1.56. The maximum atomic E-state index is 4.63. The molecule has 0 spiro atoms. The first-order valence-electron chi connectivity index (χ1n) is 8.34. The molecule has 0 unspecified atom stereocenters. The van der Waals surface area contributed by atoms with Gasteiger partial charge in [-0.25, -0.2) is 4.98 Å². The molecule has 0 aliphatic heterocycles. The summed E-state index contributed by atoms with van der Waals surface area (Å²) in [4.78, 5) is 9.18. The first-order valence-corrected chi connectivity index (χ1v) is 9.13. The van der Waals surface area contributed by atoms with Gasteiger partial charge < -0.3 is 10.6 Å². The Bertz CT molecular complexity index is 634. The van der Waals surface area contributed by atoms with Crippen molar-refractivity contribution in [3.63, 3.8) is 0 Å². The minimum Gasteiger partial charge on any atom is -0.351 e. The summed E-state index contributed by atoms with van der Waals surface area (Å²) >= 11 is 3.45. The first-order chi connectivity index (χ1) is 11.2. The normalized spacial score (nSPS) is 15.9. The molecule has 0 saturated heterocycles. The molecule has 1 aliphatic rings. The predicted molar refractivity (Wildman–Crippen MR) is 99.3 cm³/mol. The Morgan fingerprint density at radius 2 is 1.70 bits per heavy atom. The Hall–Kier alpha value is -1.62. The van der Waals surface area contributed by atoms with Crippen molar-refractivity contribution in [3.05, 3.63) is 40.5 Å². The lowest BCUT2D eigenvalue weighted by Crippen LogP contribution is -2.20. The van der Waals surface area contributed by atoms with Crippen LogP contribution in [-0.4, -0.2) is 16.0 Å². The van der Waals surface area contributed by atoms with Crippen LogP contribution in [-0.2, 0) is 0 Å². The molecule has 3 rings (SSSR count). The molecule has 4 nitrogen and oxygen atoms in total. The lowest BCUT2D eigenvalue weighted by atomic mass is 10.1. The van der Waals surface area contributed by atoms with E-state index in [1.807, 2.05) is 37.3 Å². The van der Waals surface area contributed by atoms with Gasteiger partial charge in [-0.3, -0.25) is 0 Å². The number of hydrogen-bond donors (Lipinski definition) is 2. The standard InChI is InChI=1S/C18H23BrN4/c1-13-12-17(21-16-10-8-14(19)9-11-16)23-18(20-13)22-15-6-4-2-3-5-7-15/h8-12,15H,2-7H2,1H3,(H2,20,21,22,23). The molecule has 122 valence electrons. The van der Waals surface area contributed by atoms with Crippen LogP contribution in [0.5, 0.6) is 0 Å². The summed E-state index contributed by atoms with van der Waals surface area (Å²) in [6.07, 6.45) is 7.73. The average molecular weight is 375 g/mol. The van der Waals surface area contributed by atoms with Crippen molar-refractivity contribution < 1.29 is 0 Å². The van der Waals surface area contributed by atoms with Gasteiger partial charge in [-0.1, -0.05) is 41.6 Å². The first kappa shape index (κ1) is 16.2. The third-order valence-electron chi connectivity index (χ3n) is 4.16. The van der Waals surface area contributed by atoms with Gasteiger partial charge >= 0.3 is 0 Å². The van der Waals surface area contributed by atoms with Crippen LogP contribution in [0.15, 0.2) is 34.8 Å². The number of aromatic nitrogens is 2. The molecule has 0 radical (unpaired) electrons. The van der Waals surface area contributed by atoms with Gasteiger partial charge in [0.2, 0.25) is 5.95 Å². The molecule has 1 aromatic heterocycles. The molecule has 1 aromatic carbocycles. The highest BCUT2D eigenvalue weighted by Crippen LogP contribution is 2.22. The lowest BCUT2D eigenvalue weighted by Gasteiger charge is -2.17. The van der Waals surface area contributed by atoms with E-state index in [-0.39, 0.29) is 0 Å². The van der Waals surface area contributed by atoms with Crippen LogP contribution in [0.3, 0.4) is 0 Å². The molecular formula is C18H23BrN4. The van der Waals surface area contributed by atoms with Crippen molar-refractivity contribution in [2.75, 3.05) is 10.6 Å². The van der Waals surface area contributed by atoms with Gasteiger partial charge in [0.25, 0.3) is 0 Å². The minimum absolute atomic E-state index is 0.500. The summed E-state index contributed by atoms with van der Waals surface area (Å²) in [6, 6.07) is 10.6. The largest absolute Gasteiger partial charge is 0.351 e. The summed E-state index contributed by atoms with van der Waals surface area (Å²) in [5, 5.41) is 6.88. The second-order valence-electron chi connectivity index (χ2n) is 6.18. The van der Waals surface area contributed by atoms with Gasteiger partial charge in [-0.05, 0) is 44.0 Å². The number of aryl methyl sites for hydroxylation is 1. The number of hydrogen-bond acceptors (Lipinski definition) is 4. The molecule has 0 atom stereocenters. The van der Waals surface area contributed by atoms with Crippen LogP contribution in [0.25, 0.3) is 0 Å². The third-order valence-corrected chi connectivity index (χ3v) is 4.69. The van der Waals surface area contributed by atoms with Gasteiger partial charge in [0.15, 0.2) is 0 Å². The van der Waals surface area contributed by atoms with Crippen molar-refractivity contribution in [3.8, 4) is 0 Å². The minimum atomic E-state index is 0.500. The van der Waals surface area contributed by atoms with E-state index >= 15 is 0 Å². The number of nitrogens with zero attached hydrogens (tertiary/aromatic N) is 2. The van der Waals surface area contributed by atoms with Gasteiger partial charge in [0.05, 0.1) is 0 Å². The van der Waals surface area contributed by atoms with E-state index in [1.165, 1.54) is 38.5 Å². The monoisotopic (exact) mass is 374 g/mol. The second kappa shape index (κ2) is 7.77. The fourth-order valence-electron chi connectivity index (χ4n) is 2.98. The van der Waals surface area contributed by atoms with Gasteiger partial charge in [-0.2, -0.15) is 4.98 Å². The molecule has 2 aromatic rings. The van der Waals surface area contributed by atoms with E-state index in [0.29, 0.717) is 6.04 Å². The van der Waals surface area contributed by atoms with Crippen molar-refractivity contribution in [2.45, 2.75) is 51.5 Å². The molecule has 1 saturated carbocycles. The van der Waals surface area contributed by atoms with E-state index in [9.17, 15) is 0 Å². The summed E-state index contributed by atoms with van der Waals surface area (Å²) in [5.41, 5.74) is 1.99. The van der Waals surface area contributed by atoms with Gasteiger partial charge in [-0.15, -0.1) is 0 Å². The summed E-state index contributed by atoms with van der Waals surface area (Å²) in [6.45, 7) is 2.01. The van der Waals surface area contributed by atoms with Crippen molar-refractivity contribution in [1.29, 1.82) is 0 Å². The molecular weight excluding hydrogens is 352 g/mol. The number of nitrogens with one attached hydrogen (secondary N) is 2. The van der Waals surface area contributed by atoms with E-state index in [4.69, 9.17) is 0 Å². The summed E-state index contributed by atoms with van der Waals surface area (Å²) in [7, 11) is 0. The highest BCUT2D eigenvalue weighted by Gasteiger charge is 2.13. The van der Waals surface area contributed by atoms with Crippen LogP contribution in [0.2, 0.25) is 0 Å². The number of anilines is 3. The molecule has 1 fully saturated rings. The third kappa shape index (κ3) is 4.93. The Balaban J connectivity index is 1.71. The van der Waals surface area contributed by atoms with Gasteiger partial charge in [0.1, 0.15) is 5.82 Å². The number of rotatable bonds is 4. The maximum Gasteiger partial charge on any atom is 0.225 e. The van der Waals surface area contributed by atoms with Crippen LogP contribution in [0.4, 0.5) is 17.5 Å². The zero-order chi connectivity index (χ0) is 16.1. The van der Waals surface area contributed by atoms with Crippen molar-refractivity contribution in [1.82, 2.24) is 9.97 Å². The van der Waals surface area contributed by atoms with E-state index < -0.39 is 0 Å². The number of benzene rings is 1. The van der Waals surface area contributed by atoms with Crippen LogP contribution in [0.1, 0.15) is 44.2 Å². The average Bonchev–Trinajstić information content (AvgIpc) is 2.78. The predicted octanol–water partition coefficient (Wildman–Crippen LogP) is 5.43. The molecule has 0 amide bonds. The Morgan fingerprint density at radius 3 is 2.39 bits per heavy atom. The summed E-state index contributed by atoms with van der Waals surface area (Å²) < 4.78 is 1.07. The van der Waals surface area contributed by atoms with E-state index in [1.54, 1.807) is 0 Å². The van der Waals surface area contributed by atoms with E-state index in [2.05, 4.69) is 36.5 Å². The fraction of sp³-hybridized carbons (Fsp3) is 0.444. The zero-order valence-electron chi connectivity index (χ0n) is 13.5. The fourth-order valence-corrected chi connectivity index (χ4v) is 3.25. The van der Waals surface area contributed by atoms with Crippen LogP contribution in [0, 0.1) is 6.92 Å². The Kier molecular flexibility index (Phi) is 5.49. The lowest BCUT2D eigenvalue weighted by molar-refractivity contribution is 0.614. The highest BCUT2D eigenvalue weighted by atomic mass is 79.9. The topological polar surface area (TPSA) is 49.8 Å².